The van der Waals surface area contributed by atoms with E-state index in [0.717, 1.165) is 5.56 Å². The van der Waals surface area contributed by atoms with Crippen LogP contribution >= 0.6 is 0 Å². The van der Waals surface area contributed by atoms with Gasteiger partial charge in [-0.25, -0.2) is 5.43 Å². The van der Waals surface area contributed by atoms with Gasteiger partial charge in [-0.1, -0.05) is 19.9 Å². The maximum absolute atomic E-state index is 12.0. The van der Waals surface area contributed by atoms with E-state index in [0.29, 0.717) is 23.6 Å². The van der Waals surface area contributed by atoms with E-state index in [2.05, 4.69) is 20.8 Å². The van der Waals surface area contributed by atoms with E-state index in [-0.39, 0.29) is 11.8 Å². The van der Waals surface area contributed by atoms with Gasteiger partial charge in [0, 0.05) is 35.6 Å². The fraction of sp³-hybridized carbons (Fsp3) is 0.222. The van der Waals surface area contributed by atoms with Gasteiger partial charge in [0.1, 0.15) is 0 Å². The van der Waals surface area contributed by atoms with Gasteiger partial charge in [0.25, 0.3) is 5.91 Å². The largest absolute Gasteiger partial charge is 0.326 e. The lowest BCUT2D eigenvalue weighted by Gasteiger charge is -2.07. The number of amides is 2. The van der Waals surface area contributed by atoms with Gasteiger partial charge in [-0.3, -0.25) is 14.6 Å². The van der Waals surface area contributed by atoms with Crippen LogP contribution in [0.2, 0.25) is 0 Å². The Morgan fingerprint density at radius 2 is 1.96 bits per heavy atom. The van der Waals surface area contributed by atoms with Crippen LogP contribution < -0.4 is 10.7 Å². The van der Waals surface area contributed by atoms with Crippen LogP contribution in [0.5, 0.6) is 0 Å². The Labute approximate surface area is 141 Å². The average molecular weight is 324 g/mol. The second kappa shape index (κ2) is 8.57. The van der Waals surface area contributed by atoms with E-state index >= 15 is 0 Å². The zero-order valence-corrected chi connectivity index (χ0v) is 13.7. The molecule has 0 bridgehead atoms. The minimum atomic E-state index is -0.324. The third kappa shape index (κ3) is 5.64. The molecule has 6 heteroatoms. The maximum atomic E-state index is 12.0. The van der Waals surface area contributed by atoms with Crippen LogP contribution in [0.15, 0.2) is 53.9 Å². The number of benzene rings is 1. The molecule has 1 aromatic carbocycles. The summed E-state index contributed by atoms with van der Waals surface area (Å²) in [5, 5.41) is 6.68. The molecule has 0 atom stereocenters. The Balaban J connectivity index is 1.89. The van der Waals surface area contributed by atoms with Crippen molar-refractivity contribution < 1.29 is 9.59 Å². The van der Waals surface area contributed by atoms with Crippen molar-refractivity contribution in [3.63, 3.8) is 0 Å². The summed E-state index contributed by atoms with van der Waals surface area (Å²) < 4.78 is 0. The van der Waals surface area contributed by atoms with Crippen molar-refractivity contribution in [1.29, 1.82) is 0 Å². The monoisotopic (exact) mass is 324 g/mol. The first-order valence-electron chi connectivity index (χ1n) is 7.68. The fourth-order valence-corrected chi connectivity index (χ4v) is 1.97. The number of nitrogens with one attached hydrogen (secondary N) is 2. The molecule has 2 aromatic rings. The highest BCUT2D eigenvalue weighted by molar-refractivity contribution is 5.96. The summed E-state index contributed by atoms with van der Waals surface area (Å²) in [6, 6.07) is 10.3. The first-order valence-corrected chi connectivity index (χ1v) is 7.68. The number of nitrogens with zero attached hydrogens (tertiary/aromatic N) is 2. The Kier molecular flexibility index (Phi) is 6.19. The highest BCUT2D eigenvalue weighted by atomic mass is 16.2. The van der Waals surface area contributed by atoms with Crippen LogP contribution in [0.1, 0.15) is 36.2 Å². The summed E-state index contributed by atoms with van der Waals surface area (Å²) in [5.41, 5.74) is 4.36. The standard InChI is InChI=1S/C18H20N4O2/c1-13(2)10-17(23)21-16-7-5-15(6-8-16)18(24)22-20-12-14-4-3-9-19-11-14/h3-9,11-13H,10H2,1-2H3,(H,21,23)(H,22,24). The average Bonchev–Trinajstić information content (AvgIpc) is 2.55. The summed E-state index contributed by atoms with van der Waals surface area (Å²) in [6.07, 6.45) is 5.29. The molecule has 0 spiro atoms. The van der Waals surface area contributed by atoms with Gasteiger partial charge in [-0.05, 0) is 36.2 Å². The number of pyridine rings is 1. The number of aromatic nitrogens is 1. The van der Waals surface area contributed by atoms with Crippen LogP contribution in [0.3, 0.4) is 0 Å². The van der Waals surface area contributed by atoms with E-state index in [1.807, 2.05) is 19.9 Å². The van der Waals surface area contributed by atoms with Gasteiger partial charge in [0.2, 0.25) is 5.91 Å². The number of rotatable bonds is 6. The third-order valence-electron chi connectivity index (χ3n) is 3.09. The van der Waals surface area contributed by atoms with Crippen molar-refractivity contribution in [1.82, 2.24) is 10.4 Å². The molecule has 6 nitrogen and oxygen atoms in total. The second-order valence-corrected chi connectivity index (χ2v) is 5.71. The normalized spacial score (nSPS) is 10.8. The lowest BCUT2D eigenvalue weighted by Crippen LogP contribution is -2.18. The number of hydrogen-bond acceptors (Lipinski definition) is 4. The van der Waals surface area contributed by atoms with Crippen molar-refractivity contribution in [2.45, 2.75) is 20.3 Å². The molecular formula is C18H20N4O2. The molecule has 0 aliphatic rings. The molecule has 1 aromatic heterocycles. The Morgan fingerprint density at radius 1 is 1.21 bits per heavy atom. The number of carbonyl (C=O) groups excluding carboxylic acids is 2. The van der Waals surface area contributed by atoms with Gasteiger partial charge in [-0.2, -0.15) is 5.10 Å². The molecule has 0 aliphatic carbocycles. The van der Waals surface area contributed by atoms with Crippen LogP contribution in [0.25, 0.3) is 0 Å². The second-order valence-electron chi connectivity index (χ2n) is 5.71. The molecular weight excluding hydrogens is 304 g/mol. The zero-order chi connectivity index (χ0) is 17.4. The molecule has 2 N–H and O–H groups in total. The minimum absolute atomic E-state index is 0.0386. The molecule has 0 fully saturated rings. The topological polar surface area (TPSA) is 83.5 Å². The lowest BCUT2D eigenvalue weighted by atomic mass is 10.1. The smallest absolute Gasteiger partial charge is 0.271 e. The summed E-state index contributed by atoms with van der Waals surface area (Å²) >= 11 is 0. The van der Waals surface area contributed by atoms with Crippen molar-refractivity contribution in [2.75, 3.05) is 5.32 Å². The highest BCUT2D eigenvalue weighted by Crippen LogP contribution is 2.11. The fourth-order valence-electron chi connectivity index (χ4n) is 1.97. The van der Waals surface area contributed by atoms with Gasteiger partial charge in [0.05, 0.1) is 6.21 Å². The van der Waals surface area contributed by atoms with Gasteiger partial charge >= 0.3 is 0 Å². The zero-order valence-electron chi connectivity index (χ0n) is 13.7. The molecule has 0 aliphatic heterocycles. The van der Waals surface area contributed by atoms with Crippen LogP contribution in [-0.2, 0) is 4.79 Å². The first kappa shape index (κ1) is 17.3. The molecule has 1 heterocycles. The Hall–Kier alpha value is -3.02. The molecule has 24 heavy (non-hydrogen) atoms. The van der Waals surface area contributed by atoms with Crippen molar-refractivity contribution >= 4 is 23.7 Å². The van der Waals surface area contributed by atoms with Gasteiger partial charge in [-0.15, -0.1) is 0 Å². The lowest BCUT2D eigenvalue weighted by molar-refractivity contribution is -0.116. The van der Waals surface area contributed by atoms with Crippen LogP contribution in [0.4, 0.5) is 5.69 Å². The molecule has 2 rings (SSSR count). The summed E-state index contributed by atoms with van der Waals surface area (Å²) in [6.45, 7) is 3.97. The quantitative estimate of drug-likeness (QED) is 0.633. The Morgan fingerprint density at radius 3 is 2.58 bits per heavy atom. The van der Waals surface area contributed by atoms with E-state index in [1.54, 1.807) is 42.7 Å². The third-order valence-corrected chi connectivity index (χ3v) is 3.09. The van der Waals surface area contributed by atoms with E-state index in [1.165, 1.54) is 6.21 Å². The van der Waals surface area contributed by atoms with Crippen molar-refractivity contribution in [2.24, 2.45) is 11.0 Å². The molecule has 124 valence electrons. The van der Waals surface area contributed by atoms with Crippen molar-refractivity contribution in [3.05, 3.63) is 59.9 Å². The number of hydrogen-bond donors (Lipinski definition) is 2. The molecule has 2 amide bonds. The summed E-state index contributed by atoms with van der Waals surface area (Å²) in [4.78, 5) is 27.6. The number of anilines is 1. The summed E-state index contributed by atoms with van der Waals surface area (Å²) in [7, 11) is 0. The molecule has 0 saturated carbocycles. The van der Waals surface area contributed by atoms with E-state index in [4.69, 9.17) is 0 Å². The minimum Gasteiger partial charge on any atom is -0.326 e. The number of hydrazone groups is 1. The molecule has 0 saturated heterocycles. The highest BCUT2D eigenvalue weighted by Gasteiger charge is 2.07. The Bertz CT molecular complexity index is 710. The number of carbonyl (C=O) groups is 2. The first-order chi connectivity index (χ1) is 11.5. The summed E-state index contributed by atoms with van der Waals surface area (Å²) in [5.74, 6) is -0.0637. The predicted molar refractivity (Wildman–Crippen MR) is 93.8 cm³/mol. The van der Waals surface area contributed by atoms with Crippen molar-refractivity contribution in [3.8, 4) is 0 Å². The predicted octanol–water partition coefficient (Wildman–Crippen LogP) is 2.83. The SMILES string of the molecule is CC(C)CC(=O)Nc1ccc(C(=O)NN=Cc2cccnc2)cc1. The van der Waals surface area contributed by atoms with Crippen LogP contribution in [0, 0.1) is 5.92 Å². The molecule has 0 unspecified atom stereocenters. The maximum Gasteiger partial charge on any atom is 0.271 e. The van der Waals surface area contributed by atoms with E-state index in [9.17, 15) is 9.59 Å². The molecule has 0 radical (unpaired) electrons. The van der Waals surface area contributed by atoms with E-state index < -0.39 is 0 Å². The van der Waals surface area contributed by atoms with Gasteiger partial charge in [0.15, 0.2) is 0 Å². The van der Waals surface area contributed by atoms with Gasteiger partial charge < -0.3 is 5.32 Å². The van der Waals surface area contributed by atoms with Crippen LogP contribution in [-0.4, -0.2) is 23.0 Å².